The van der Waals surface area contributed by atoms with Crippen LogP contribution in [-0.4, -0.2) is 26.4 Å². The monoisotopic (exact) mass is 428 g/mol. The van der Waals surface area contributed by atoms with Gasteiger partial charge in [0.2, 0.25) is 0 Å². The van der Waals surface area contributed by atoms with Crippen molar-refractivity contribution in [2.75, 3.05) is 26.2 Å². The molecule has 0 radical (unpaired) electrons. The normalized spacial score (nSPS) is 10.9. The zero-order chi connectivity index (χ0) is 20.5. The van der Waals surface area contributed by atoms with Crippen molar-refractivity contribution in [3.63, 3.8) is 0 Å². The van der Waals surface area contributed by atoms with E-state index in [2.05, 4.69) is 5.16 Å². The fourth-order valence-corrected chi connectivity index (χ4v) is 3.53. The molecule has 7 heteroatoms. The van der Waals surface area contributed by atoms with Crippen LogP contribution in [-0.2, 0) is 0 Å². The molecule has 0 aliphatic rings. The predicted molar refractivity (Wildman–Crippen MR) is 117 cm³/mol. The first-order valence-corrected chi connectivity index (χ1v) is 9.58. The van der Waals surface area contributed by atoms with Gasteiger partial charge in [-0.1, -0.05) is 40.5 Å². The van der Waals surface area contributed by atoms with Gasteiger partial charge in [-0.3, -0.25) is 0 Å². The van der Waals surface area contributed by atoms with Gasteiger partial charge in [0.15, 0.2) is 5.58 Å². The maximum Gasteiger partial charge on any atom is 0.167 e. The number of rotatable bonds is 5. The Morgan fingerprint density at radius 3 is 2.38 bits per heavy atom. The van der Waals surface area contributed by atoms with Crippen LogP contribution in [0.2, 0.25) is 10.0 Å². The van der Waals surface area contributed by atoms with Crippen LogP contribution in [0.3, 0.4) is 0 Å². The summed E-state index contributed by atoms with van der Waals surface area (Å²) in [6.45, 7) is 0. The Hall–Kier alpha value is -2.89. The molecule has 0 amide bonds. The van der Waals surface area contributed by atoms with Gasteiger partial charge in [-0.05, 0) is 36.4 Å². The summed E-state index contributed by atoms with van der Waals surface area (Å²) in [5.41, 5.74) is 3.87. The van der Waals surface area contributed by atoms with Gasteiger partial charge in [0.1, 0.15) is 17.2 Å². The van der Waals surface area contributed by atoms with E-state index < -0.39 is 0 Å². The molecule has 29 heavy (non-hydrogen) atoms. The molecule has 0 N–H and O–H groups in total. The molecule has 148 valence electrons. The zero-order valence-corrected chi connectivity index (χ0v) is 17.6. The molecule has 3 aromatic carbocycles. The summed E-state index contributed by atoms with van der Waals surface area (Å²) in [7, 11) is 5.16. The van der Waals surface area contributed by atoms with Crippen molar-refractivity contribution in [2.24, 2.45) is 0 Å². The van der Waals surface area contributed by atoms with Gasteiger partial charge in [-0.2, -0.15) is 0 Å². The second kappa shape index (κ2) is 7.85. The van der Waals surface area contributed by atoms with Gasteiger partial charge >= 0.3 is 0 Å². The lowest BCUT2D eigenvalue weighted by atomic mass is 10.0. The van der Waals surface area contributed by atoms with Crippen LogP contribution in [0.5, 0.6) is 11.5 Å². The van der Waals surface area contributed by atoms with Crippen molar-refractivity contribution in [2.45, 2.75) is 0 Å². The average molecular weight is 429 g/mol. The molecule has 0 atom stereocenters. The van der Waals surface area contributed by atoms with Crippen LogP contribution in [0.4, 0.5) is 11.4 Å². The summed E-state index contributed by atoms with van der Waals surface area (Å²) in [4.78, 5) is 1.96. The standard InChI is InChI=1S/C22H18Cl2N2O3/c1-26(13-8-9-16(23)17(24)10-13)18-11-15(20(27-2)12-21(18)28-3)22-14-6-4-5-7-19(14)29-25-22/h4-12H,1-3H3. The number of ether oxygens (including phenoxy) is 2. The van der Waals surface area contributed by atoms with Crippen molar-refractivity contribution >= 4 is 45.5 Å². The molecular formula is C22H18Cl2N2O3. The average Bonchev–Trinajstić information content (AvgIpc) is 3.18. The number of para-hydroxylation sites is 1. The first kappa shape index (κ1) is 19.4. The summed E-state index contributed by atoms with van der Waals surface area (Å²) in [5.74, 6) is 1.28. The lowest BCUT2D eigenvalue weighted by Gasteiger charge is -2.24. The van der Waals surface area contributed by atoms with Crippen molar-refractivity contribution in [1.82, 2.24) is 5.16 Å². The molecule has 0 fully saturated rings. The quantitative estimate of drug-likeness (QED) is 0.358. The van der Waals surface area contributed by atoms with E-state index in [0.29, 0.717) is 32.8 Å². The van der Waals surface area contributed by atoms with E-state index in [-0.39, 0.29) is 0 Å². The fraction of sp³-hybridized carbons (Fsp3) is 0.136. The van der Waals surface area contributed by atoms with Crippen LogP contribution in [0.25, 0.3) is 22.2 Å². The van der Waals surface area contributed by atoms with Crippen LogP contribution in [0.15, 0.2) is 59.1 Å². The third kappa shape index (κ3) is 3.48. The van der Waals surface area contributed by atoms with Gasteiger partial charge in [0.25, 0.3) is 0 Å². The van der Waals surface area contributed by atoms with Gasteiger partial charge in [-0.25, -0.2) is 0 Å². The minimum absolute atomic E-state index is 0.478. The third-order valence-corrected chi connectivity index (χ3v) is 5.52. The van der Waals surface area contributed by atoms with Crippen molar-refractivity contribution in [1.29, 1.82) is 0 Å². The number of methoxy groups -OCH3 is 2. The van der Waals surface area contributed by atoms with Crippen LogP contribution in [0.1, 0.15) is 0 Å². The summed E-state index contributed by atoms with van der Waals surface area (Å²) >= 11 is 12.3. The Balaban J connectivity index is 1.90. The van der Waals surface area contributed by atoms with Crippen molar-refractivity contribution in [3.05, 3.63) is 64.6 Å². The fourth-order valence-electron chi connectivity index (χ4n) is 3.24. The topological polar surface area (TPSA) is 47.7 Å². The highest BCUT2D eigenvalue weighted by Gasteiger charge is 2.20. The molecule has 4 rings (SSSR count). The SMILES string of the molecule is COc1cc(OC)c(N(C)c2ccc(Cl)c(Cl)c2)cc1-c1noc2ccccc12. The van der Waals surface area contributed by atoms with Crippen molar-refractivity contribution in [3.8, 4) is 22.8 Å². The number of halogens is 2. The lowest BCUT2D eigenvalue weighted by Crippen LogP contribution is -2.11. The largest absolute Gasteiger partial charge is 0.496 e. The molecule has 4 aromatic rings. The van der Waals surface area contributed by atoms with Crippen molar-refractivity contribution < 1.29 is 14.0 Å². The Kier molecular flexibility index (Phi) is 5.26. The van der Waals surface area contributed by atoms with E-state index in [1.54, 1.807) is 26.4 Å². The van der Waals surface area contributed by atoms with Gasteiger partial charge in [0.05, 0.1) is 30.0 Å². The number of hydrogen-bond acceptors (Lipinski definition) is 5. The molecule has 0 saturated heterocycles. The van der Waals surface area contributed by atoms with Gasteiger partial charge in [0, 0.05) is 29.8 Å². The van der Waals surface area contributed by atoms with E-state index in [1.807, 2.05) is 54.4 Å². The number of aromatic nitrogens is 1. The number of nitrogens with zero attached hydrogens (tertiary/aromatic N) is 2. The molecule has 5 nitrogen and oxygen atoms in total. The molecule has 1 aromatic heterocycles. The molecule has 0 spiro atoms. The minimum atomic E-state index is 0.478. The summed E-state index contributed by atoms with van der Waals surface area (Å²) in [5, 5.41) is 6.16. The van der Waals surface area contributed by atoms with Crippen LogP contribution in [0, 0.1) is 0 Å². The Morgan fingerprint density at radius 2 is 1.66 bits per heavy atom. The van der Waals surface area contributed by atoms with Gasteiger partial charge in [-0.15, -0.1) is 0 Å². The van der Waals surface area contributed by atoms with E-state index >= 15 is 0 Å². The lowest BCUT2D eigenvalue weighted by molar-refractivity contribution is 0.395. The van der Waals surface area contributed by atoms with E-state index in [9.17, 15) is 0 Å². The van der Waals surface area contributed by atoms with Crippen LogP contribution >= 0.6 is 23.2 Å². The highest BCUT2D eigenvalue weighted by Crippen LogP contribution is 2.44. The molecule has 0 aliphatic carbocycles. The number of hydrogen-bond donors (Lipinski definition) is 0. The molecule has 0 unspecified atom stereocenters. The first-order valence-electron chi connectivity index (χ1n) is 8.83. The van der Waals surface area contributed by atoms with Crippen LogP contribution < -0.4 is 14.4 Å². The molecule has 0 aliphatic heterocycles. The molecule has 0 bridgehead atoms. The second-order valence-electron chi connectivity index (χ2n) is 6.41. The predicted octanol–water partition coefficient (Wildman–Crippen LogP) is 6.59. The van der Waals surface area contributed by atoms with Gasteiger partial charge < -0.3 is 18.9 Å². The van der Waals surface area contributed by atoms with E-state index in [0.717, 1.165) is 22.3 Å². The minimum Gasteiger partial charge on any atom is -0.496 e. The smallest absolute Gasteiger partial charge is 0.167 e. The number of anilines is 2. The third-order valence-electron chi connectivity index (χ3n) is 4.79. The maximum atomic E-state index is 6.21. The molecule has 1 heterocycles. The number of benzene rings is 3. The summed E-state index contributed by atoms with van der Waals surface area (Å²) in [6.07, 6.45) is 0. The Labute approximate surface area is 178 Å². The maximum absolute atomic E-state index is 6.21. The summed E-state index contributed by atoms with van der Waals surface area (Å²) in [6, 6.07) is 17.0. The Morgan fingerprint density at radius 1 is 0.897 bits per heavy atom. The first-order chi connectivity index (χ1) is 14.0. The molecule has 0 saturated carbocycles. The highest BCUT2D eigenvalue weighted by molar-refractivity contribution is 6.42. The number of fused-ring (bicyclic) bond motifs is 1. The van der Waals surface area contributed by atoms with E-state index in [4.69, 9.17) is 37.2 Å². The Bertz CT molecular complexity index is 1190. The summed E-state index contributed by atoms with van der Waals surface area (Å²) < 4.78 is 16.7. The molecular weight excluding hydrogens is 411 g/mol. The zero-order valence-electron chi connectivity index (χ0n) is 16.1. The second-order valence-corrected chi connectivity index (χ2v) is 7.22. The van der Waals surface area contributed by atoms with E-state index in [1.165, 1.54) is 0 Å². The highest BCUT2D eigenvalue weighted by atomic mass is 35.5.